The van der Waals surface area contributed by atoms with Crippen molar-refractivity contribution in [3.63, 3.8) is 0 Å². The first-order valence-electron chi connectivity index (χ1n) is 8.18. The average Bonchev–Trinajstić information content (AvgIpc) is 3.35. The third kappa shape index (κ3) is 4.49. The van der Waals surface area contributed by atoms with Gasteiger partial charge in [-0.15, -0.1) is 10.2 Å². The summed E-state index contributed by atoms with van der Waals surface area (Å²) in [5.74, 6) is 1.27. The van der Waals surface area contributed by atoms with E-state index in [0.717, 1.165) is 23.4 Å². The molecular formula is C16H19N5O2S2. The van der Waals surface area contributed by atoms with E-state index in [2.05, 4.69) is 39.5 Å². The van der Waals surface area contributed by atoms with E-state index >= 15 is 0 Å². The molecule has 0 atom stereocenters. The molecule has 1 amide bonds. The fraction of sp³-hybridized carbons (Fsp3) is 0.438. The summed E-state index contributed by atoms with van der Waals surface area (Å²) in [5.41, 5.74) is 0.923. The molecule has 0 unspecified atom stereocenters. The Morgan fingerprint density at radius 2 is 2.16 bits per heavy atom. The number of nitrogens with one attached hydrogen (secondary N) is 1. The van der Waals surface area contributed by atoms with E-state index in [4.69, 9.17) is 4.52 Å². The zero-order valence-corrected chi connectivity index (χ0v) is 15.7. The number of nitrogens with zero attached hydrogens (tertiary/aromatic N) is 4. The SMILES string of the molecule is CCC(CC)c1nnc(NC(=O)CCc2nc(-c3ccsc3)no2)s1. The highest BCUT2D eigenvalue weighted by molar-refractivity contribution is 7.15. The van der Waals surface area contributed by atoms with Crippen LogP contribution in [-0.2, 0) is 11.2 Å². The zero-order valence-electron chi connectivity index (χ0n) is 14.1. The molecule has 0 aliphatic heterocycles. The number of aryl methyl sites for hydroxylation is 1. The summed E-state index contributed by atoms with van der Waals surface area (Å²) >= 11 is 3.01. The van der Waals surface area contributed by atoms with E-state index < -0.39 is 0 Å². The number of carbonyl (C=O) groups excluding carboxylic acids is 1. The molecule has 0 bridgehead atoms. The lowest BCUT2D eigenvalue weighted by Crippen LogP contribution is -2.12. The fourth-order valence-electron chi connectivity index (χ4n) is 2.36. The van der Waals surface area contributed by atoms with Crippen LogP contribution in [0.2, 0.25) is 0 Å². The number of aromatic nitrogens is 4. The molecule has 0 aliphatic carbocycles. The molecule has 9 heteroatoms. The lowest BCUT2D eigenvalue weighted by molar-refractivity contribution is -0.116. The summed E-state index contributed by atoms with van der Waals surface area (Å²) in [6.45, 7) is 4.26. The predicted molar refractivity (Wildman–Crippen MR) is 97.8 cm³/mol. The van der Waals surface area contributed by atoms with Crippen molar-refractivity contribution in [2.75, 3.05) is 5.32 Å². The maximum atomic E-state index is 12.1. The molecule has 0 radical (unpaired) electrons. The summed E-state index contributed by atoms with van der Waals surface area (Å²) in [7, 11) is 0. The van der Waals surface area contributed by atoms with Crippen molar-refractivity contribution in [1.29, 1.82) is 0 Å². The number of rotatable bonds is 8. The molecule has 132 valence electrons. The Hall–Kier alpha value is -2.13. The molecule has 3 rings (SSSR count). The van der Waals surface area contributed by atoms with Gasteiger partial charge in [-0.2, -0.15) is 16.3 Å². The van der Waals surface area contributed by atoms with Crippen LogP contribution in [0, 0.1) is 0 Å². The standard InChI is InChI=1S/C16H19N5O2S2/c1-3-10(4-2)15-19-20-16(25-15)17-12(22)5-6-13-18-14(21-23-13)11-7-8-24-9-11/h7-10H,3-6H2,1-2H3,(H,17,20,22). The third-order valence-electron chi connectivity index (χ3n) is 3.84. The lowest BCUT2D eigenvalue weighted by Gasteiger charge is -2.05. The summed E-state index contributed by atoms with van der Waals surface area (Å²) in [6.07, 6.45) is 2.68. The van der Waals surface area contributed by atoms with Crippen molar-refractivity contribution < 1.29 is 9.32 Å². The number of amides is 1. The molecule has 0 spiro atoms. The second kappa shape index (κ2) is 8.30. The highest BCUT2D eigenvalue weighted by Crippen LogP contribution is 2.28. The summed E-state index contributed by atoms with van der Waals surface area (Å²) in [5, 5.41) is 20.4. The van der Waals surface area contributed by atoms with Crippen LogP contribution in [0.25, 0.3) is 11.4 Å². The van der Waals surface area contributed by atoms with Crippen LogP contribution in [0.3, 0.4) is 0 Å². The van der Waals surface area contributed by atoms with Crippen LogP contribution in [0.5, 0.6) is 0 Å². The molecule has 0 saturated carbocycles. The molecule has 3 aromatic rings. The van der Waals surface area contributed by atoms with E-state index in [9.17, 15) is 4.79 Å². The molecular weight excluding hydrogens is 358 g/mol. The summed E-state index contributed by atoms with van der Waals surface area (Å²) in [6, 6.07) is 1.93. The van der Waals surface area contributed by atoms with Gasteiger partial charge < -0.3 is 9.84 Å². The van der Waals surface area contributed by atoms with Crippen LogP contribution < -0.4 is 5.32 Å². The maximum Gasteiger partial charge on any atom is 0.227 e. The first-order valence-corrected chi connectivity index (χ1v) is 9.93. The Labute approximate surface area is 153 Å². The molecule has 0 aliphatic rings. The molecule has 25 heavy (non-hydrogen) atoms. The maximum absolute atomic E-state index is 12.1. The largest absolute Gasteiger partial charge is 0.339 e. The number of hydrogen-bond acceptors (Lipinski definition) is 8. The van der Waals surface area contributed by atoms with Gasteiger partial charge in [0.05, 0.1) is 0 Å². The Balaban J connectivity index is 1.51. The highest BCUT2D eigenvalue weighted by Gasteiger charge is 2.15. The smallest absolute Gasteiger partial charge is 0.227 e. The van der Waals surface area contributed by atoms with Crippen LogP contribution in [0.1, 0.15) is 49.9 Å². The lowest BCUT2D eigenvalue weighted by atomic mass is 10.1. The van der Waals surface area contributed by atoms with Gasteiger partial charge in [0.25, 0.3) is 0 Å². The molecule has 0 aromatic carbocycles. The van der Waals surface area contributed by atoms with Crippen LogP contribution in [-0.4, -0.2) is 26.2 Å². The summed E-state index contributed by atoms with van der Waals surface area (Å²) < 4.78 is 5.19. The first kappa shape index (κ1) is 17.7. The van der Waals surface area contributed by atoms with Crippen molar-refractivity contribution >= 4 is 33.7 Å². The van der Waals surface area contributed by atoms with Gasteiger partial charge in [0, 0.05) is 29.7 Å². The quantitative estimate of drug-likeness (QED) is 0.634. The molecule has 3 aromatic heterocycles. The van der Waals surface area contributed by atoms with Gasteiger partial charge in [-0.25, -0.2) is 0 Å². The number of hydrogen-bond donors (Lipinski definition) is 1. The van der Waals surface area contributed by atoms with Gasteiger partial charge in [-0.1, -0.05) is 30.3 Å². The Kier molecular flexibility index (Phi) is 5.87. The second-order valence-electron chi connectivity index (χ2n) is 5.53. The fourth-order valence-corrected chi connectivity index (χ4v) is 4.02. The zero-order chi connectivity index (χ0) is 17.6. The van der Waals surface area contributed by atoms with Gasteiger partial charge in [0.2, 0.25) is 22.8 Å². The van der Waals surface area contributed by atoms with Crippen molar-refractivity contribution in [3.05, 3.63) is 27.7 Å². The minimum Gasteiger partial charge on any atom is -0.339 e. The van der Waals surface area contributed by atoms with Crippen molar-refractivity contribution in [3.8, 4) is 11.4 Å². The number of anilines is 1. The number of thiophene rings is 1. The molecule has 3 heterocycles. The highest BCUT2D eigenvalue weighted by atomic mass is 32.1. The van der Waals surface area contributed by atoms with E-state index in [1.165, 1.54) is 11.3 Å². The molecule has 1 N–H and O–H groups in total. The minimum absolute atomic E-state index is 0.137. The van der Waals surface area contributed by atoms with Crippen LogP contribution in [0.15, 0.2) is 21.3 Å². The van der Waals surface area contributed by atoms with Gasteiger partial charge in [-0.05, 0) is 24.3 Å². The summed E-state index contributed by atoms with van der Waals surface area (Å²) in [4.78, 5) is 16.4. The Bertz CT molecular complexity index is 808. The van der Waals surface area contributed by atoms with E-state index in [0.29, 0.717) is 29.2 Å². The van der Waals surface area contributed by atoms with E-state index in [1.54, 1.807) is 11.3 Å². The Morgan fingerprint density at radius 1 is 1.32 bits per heavy atom. The molecule has 7 nitrogen and oxygen atoms in total. The van der Waals surface area contributed by atoms with Gasteiger partial charge in [-0.3, -0.25) is 4.79 Å². The predicted octanol–water partition coefficient (Wildman–Crippen LogP) is 4.12. The van der Waals surface area contributed by atoms with Gasteiger partial charge in [0.1, 0.15) is 5.01 Å². The average molecular weight is 377 g/mol. The third-order valence-corrected chi connectivity index (χ3v) is 5.52. The topological polar surface area (TPSA) is 93.8 Å². The van der Waals surface area contributed by atoms with E-state index in [1.807, 2.05) is 16.8 Å². The minimum atomic E-state index is -0.137. The Morgan fingerprint density at radius 3 is 2.88 bits per heavy atom. The van der Waals surface area contributed by atoms with Crippen molar-refractivity contribution in [2.45, 2.75) is 45.4 Å². The van der Waals surface area contributed by atoms with Crippen molar-refractivity contribution in [2.24, 2.45) is 0 Å². The number of carbonyl (C=O) groups is 1. The van der Waals surface area contributed by atoms with Gasteiger partial charge in [0.15, 0.2) is 0 Å². The second-order valence-corrected chi connectivity index (χ2v) is 7.32. The first-order chi connectivity index (χ1) is 12.2. The van der Waals surface area contributed by atoms with E-state index in [-0.39, 0.29) is 12.3 Å². The van der Waals surface area contributed by atoms with Crippen LogP contribution in [0.4, 0.5) is 5.13 Å². The van der Waals surface area contributed by atoms with Gasteiger partial charge >= 0.3 is 0 Å². The van der Waals surface area contributed by atoms with Crippen LogP contribution >= 0.6 is 22.7 Å². The monoisotopic (exact) mass is 377 g/mol. The van der Waals surface area contributed by atoms with Crippen molar-refractivity contribution in [1.82, 2.24) is 20.3 Å². The normalized spacial score (nSPS) is 11.2. The molecule has 0 saturated heterocycles. The molecule has 0 fully saturated rings.